The Kier molecular flexibility index (Phi) is 4.68. The minimum Gasteiger partial charge on any atom is -0.128 e. The van der Waals surface area contributed by atoms with Crippen molar-refractivity contribution < 1.29 is 0 Å². The van der Waals surface area contributed by atoms with Crippen molar-refractivity contribution in [2.75, 3.05) is 6.26 Å². The summed E-state index contributed by atoms with van der Waals surface area (Å²) in [5.74, 6) is 2.67. The van der Waals surface area contributed by atoms with Gasteiger partial charge in [-0.1, -0.05) is 12.1 Å². The maximum atomic E-state index is 5.24. The van der Waals surface area contributed by atoms with Crippen molar-refractivity contribution in [3.63, 3.8) is 0 Å². The third kappa shape index (κ3) is 2.92. The topological polar surface area (TPSA) is 0 Å². The number of halogens is 1. The molecule has 0 N–H and O–H groups in total. The molecule has 0 spiro atoms. The van der Waals surface area contributed by atoms with E-state index in [2.05, 4.69) is 53.0 Å². The van der Waals surface area contributed by atoms with E-state index < -0.39 is 0 Å². The van der Waals surface area contributed by atoms with Crippen molar-refractivity contribution in [3.8, 4) is 12.3 Å². The first-order valence-corrected chi connectivity index (χ1v) is 6.34. The molecule has 0 heterocycles. The van der Waals surface area contributed by atoms with E-state index in [0.29, 0.717) is 0 Å². The molecule has 0 aliphatic heterocycles. The van der Waals surface area contributed by atoms with Crippen LogP contribution in [0.5, 0.6) is 0 Å². The van der Waals surface area contributed by atoms with Gasteiger partial charge in [-0.05, 0) is 46.9 Å². The van der Waals surface area contributed by atoms with Crippen molar-refractivity contribution in [1.82, 2.24) is 0 Å². The van der Waals surface area contributed by atoms with Gasteiger partial charge in [0.1, 0.15) is 0 Å². The lowest BCUT2D eigenvalue weighted by atomic mass is 10.1. The molecule has 2 heteroatoms. The quantitative estimate of drug-likeness (QED) is 0.467. The van der Waals surface area contributed by atoms with Gasteiger partial charge in [0.05, 0.1) is 0 Å². The van der Waals surface area contributed by atoms with E-state index in [9.17, 15) is 0 Å². The zero-order valence-corrected chi connectivity index (χ0v) is 10.5. The highest BCUT2D eigenvalue weighted by molar-refractivity contribution is 14.1. The van der Waals surface area contributed by atoms with Crippen LogP contribution in [0.25, 0.3) is 0 Å². The molecule has 13 heavy (non-hydrogen) atoms. The molecule has 0 aliphatic rings. The largest absolute Gasteiger partial charge is 0.128 e. The van der Waals surface area contributed by atoms with Crippen LogP contribution in [0.15, 0.2) is 23.1 Å². The molecular formula is C11H11IS. The number of hydrogen-bond donors (Lipinski definition) is 0. The van der Waals surface area contributed by atoms with Crippen LogP contribution in [0.1, 0.15) is 12.0 Å². The molecule has 0 bridgehead atoms. The predicted octanol–water partition coefficient (Wildman–Crippen LogP) is 3.58. The number of rotatable bonds is 3. The molecule has 0 nitrogen and oxygen atoms in total. The van der Waals surface area contributed by atoms with E-state index >= 15 is 0 Å². The van der Waals surface area contributed by atoms with Gasteiger partial charge in [0.2, 0.25) is 0 Å². The summed E-state index contributed by atoms with van der Waals surface area (Å²) in [6, 6.07) is 6.39. The third-order valence-corrected chi connectivity index (χ3v) is 4.22. The summed E-state index contributed by atoms with van der Waals surface area (Å²) in [6.07, 6.45) is 9.16. The van der Waals surface area contributed by atoms with Gasteiger partial charge in [0.25, 0.3) is 0 Å². The molecule has 0 aliphatic carbocycles. The van der Waals surface area contributed by atoms with E-state index in [1.54, 1.807) is 11.8 Å². The average Bonchev–Trinajstić information content (AvgIpc) is 2.16. The molecule has 0 fully saturated rings. The molecule has 0 aromatic heterocycles. The Hall–Kier alpha value is -0.140. The van der Waals surface area contributed by atoms with Crippen molar-refractivity contribution in [1.29, 1.82) is 0 Å². The lowest BCUT2D eigenvalue weighted by Gasteiger charge is -2.06. The van der Waals surface area contributed by atoms with Crippen molar-refractivity contribution in [3.05, 3.63) is 27.3 Å². The molecule has 0 radical (unpaired) electrons. The summed E-state index contributed by atoms with van der Waals surface area (Å²) < 4.78 is 1.35. The summed E-state index contributed by atoms with van der Waals surface area (Å²) in [5, 5.41) is 0. The zero-order chi connectivity index (χ0) is 9.68. The van der Waals surface area contributed by atoms with Gasteiger partial charge in [-0.2, -0.15) is 0 Å². The molecule has 1 aromatic carbocycles. The van der Waals surface area contributed by atoms with Crippen molar-refractivity contribution in [2.45, 2.75) is 17.7 Å². The maximum Gasteiger partial charge on any atom is 0.0298 e. The minimum atomic E-state index is 0.827. The second-order valence-corrected chi connectivity index (χ2v) is 4.56. The standard InChI is InChI=1S/C11H11IS/c1-3-4-6-9-7-5-8-10(13-2)11(9)12/h1,5,7-8H,4,6H2,2H3. The van der Waals surface area contributed by atoms with Crippen LogP contribution in [0.2, 0.25) is 0 Å². The molecule has 0 unspecified atom stereocenters. The summed E-state index contributed by atoms with van der Waals surface area (Å²) in [7, 11) is 0. The van der Waals surface area contributed by atoms with Crippen LogP contribution in [-0.2, 0) is 6.42 Å². The predicted molar refractivity (Wildman–Crippen MR) is 68.1 cm³/mol. The van der Waals surface area contributed by atoms with Crippen LogP contribution in [-0.4, -0.2) is 6.26 Å². The summed E-state index contributed by atoms with van der Waals surface area (Å²) in [5.41, 5.74) is 1.37. The normalized spacial score (nSPS) is 9.62. The Labute approximate surface area is 97.6 Å². The van der Waals surface area contributed by atoms with Gasteiger partial charge in [-0.3, -0.25) is 0 Å². The Morgan fingerprint density at radius 3 is 2.92 bits per heavy atom. The highest BCUT2D eigenvalue weighted by Gasteiger charge is 2.02. The van der Waals surface area contributed by atoms with Crippen molar-refractivity contribution in [2.24, 2.45) is 0 Å². The monoisotopic (exact) mass is 302 g/mol. The summed E-state index contributed by atoms with van der Waals surface area (Å²) >= 11 is 4.18. The molecule has 0 saturated carbocycles. The third-order valence-electron chi connectivity index (χ3n) is 1.80. The average molecular weight is 302 g/mol. The van der Waals surface area contributed by atoms with Crippen LogP contribution in [0, 0.1) is 15.9 Å². The highest BCUT2D eigenvalue weighted by Crippen LogP contribution is 2.25. The van der Waals surface area contributed by atoms with Crippen molar-refractivity contribution >= 4 is 34.4 Å². The fourth-order valence-electron chi connectivity index (χ4n) is 1.11. The van der Waals surface area contributed by atoms with Crippen LogP contribution < -0.4 is 0 Å². The van der Waals surface area contributed by atoms with Gasteiger partial charge in [0.15, 0.2) is 0 Å². The molecular weight excluding hydrogens is 291 g/mol. The molecule has 1 aromatic rings. The van der Waals surface area contributed by atoms with Crippen LogP contribution >= 0.6 is 34.4 Å². The Bertz CT molecular complexity index is 325. The number of benzene rings is 1. The van der Waals surface area contributed by atoms with Gasteiger partial charge in [-0.25, -0.2) is 0 Å². The fraction of sp³-hybridized carbons (Fsp3) is 0.273. The molecule has 0 amide bonds. The first kappa shape index (κ1) is 10.9. The lowest BCUT2D eigenvalue weighted by Crippen LogP contribution is -1.90. The number of thioether (sulfide) groups is 1. The van der Waals surface area contributed by atoms with E-state index in [1.165, 1.54) is 14.0 Å². The van der Waals surface area contributed by atoms with E-state index in [4.69, 9.17) is 6.42 Å². The molecule has 1 rings (SSSR count). The van der Waals surface area contributed by atoms with E-state index in [-0.39, 0.29) is 0 Å². The highest BCUT2D eigenvalue weighted by atomic mass is 127. The zero-order valence-electron chi connectivity index (χ0n) is 7.51. The van der Waals surface area contributed by atoms with E-state index in [1.807, 2.05) is 0 Å². The maximum absolute atomic E-state index is 5.24. The fourth-order valence-corrected chi connectivity index (χ4v) is 2.93. The second-order valence-electron chi connectivity index (χ2n) is 2.64. The van der Waals surface area contributed by atoms with Gasteiger partial charge >= 0.3 is 0 Å². The number of hydrogen-bond acceptors (Lipinski definition) is 1. The summed E-state index contributed by atoms with van der Waals surface area (Å²) in [6.45, 7) is 0. The molecule has 68 valence electrons. The Balaban J connectivity index is 2.89. The lowest BCUT2D eigenvalue weighted by molar-refractivity contribution is 1.01. The first-order valence-electron chi connectivity index (χ1n) is 4.04. The van der Waals surface area contributed by atoms with Gasteiger partial charge in [-0.15, -0.1) is 24.1 Å². The van der Waals surface area contributed by atoms with Crippen LogP contribution in [0.3, 0.4) is 0 Å². The Morgan fingerprint density at radius 2 is 2.31 bits per heavy atom. The minimum absolute atomic E-state index is 0.827. The van der Waals surface area contributed by atoms with Gasteiger partial charge in [0, 0.05) is 14.9 Å². The van der Waals surface area contributed by atoms with E-state index in [0.717, 1.165) is 12.8 Å². The molecule has 0 saturated heterocycles. The van der Waals surface area contributed by atoms with Crippen LogP contribution in [0.4, 0.5) is 0 Å². The molecule has 0 atom stereocenters. The SMILES string of the molecule is C#CCCc1cccc(SC)c1I. The number of terminal acetylenes is 1. The smallest absolute Gasteiger partial charge is 0.0298 e. The van der Waals surface area contributed by atoms with Gasteiger partial charge < -0.3 is 0 Å². The second kappa shape index (κ2) is 5.56. The Morgan fingerprint density at radius 1 is 1.54 bits per heavy atom. The summed E-state index contributed by atoms with van der Waals surface area (Å²) in [4.78, 5) is 1.34. The number of aryl methyl sites for hydroxylation is 1. The first-order chi connectivity index (χ1) is 6.29.